The van der Waals surface area contributed by atoms with Crippen LogP contribution in [0.15, 0.2) is 42.5 Å². The van der Waals surface area contributed by atoms with E-state index in [-0.39, 0.29) is 11.8 Å². The number of rotatable bonds is 5. The molecule has 1 aliphatic rings. The fourth-order valence-electron chi connectivity index (χ4n) is 3.07. The van der Waals surface area contributed by atoms with Crippen LogP contribution in [0.4, 0.5) is 17.1 Å². The molecule has 2 aromatic rings. The monoisotopic (exact) mass is 351 g/mol. The maximum Gasteiger partial charge on any atom is 0.240 e. The van der Waals surface area contributed by atoms with Gasteiger partial charge < -0.3 is 15.5 Å². The summed E-state index contributed by atoms with van der Waals surface area (Å²) in [5.74, 6) is -0.470. The van der Waals surface area contributed by atoms with E-state index in [1.54, 1.807) is 0 Å². The van der Waals surface area contributed by atoms with Crippen molar-refractivity contribution in [3.05, 3.63) is 53.6 Å². The van der Waals surface area contributed by atoms with Crippen LogP contribution in [0.1, 0.15) is 24.0 Å². The van der Waals surface area contributed by atoms with Gasteiger partial charge in [-0.3, -0.25) is 9.59 Å². The first-order valence-corrected chi connectivity index (χ1v) is 8.79. The Balaban J connectivity index is 1.69. The van der Waals surface area contributed by atoms with Gasteiger partial charge in [0.25, 0.3) is 0 Å². The Morgan fingerprint density at radius 3 is 1.81 bits per heavy atom. The van der Waals surface area contributed by atoms with E-state index < -0.39 is 5.41 Å². The van der Waals surface area contributed by atoms with Crippen molar-refractivity contribution in [3.63, 3.8) is 0 Å². The van der Waals surface area contributed by atoms with Crippen LogP contribution in [0.2, 0.25) is 0 Å². The number of carbonyl (C=O) groups excluding carboxylic acids is 2. The Kier molecular flexibility index (Phi) is 4.72. The van der Waals surface area contributed by atoms with E-state index in [9.17, 15) is 9.59 Å². The molecule has 3 rings (SSSR count). The predicted molar refractivity (Wildman–Crippen MR) is 106 cm³/mol. The van der Waals surface area contributed by atoms with Gasteiger partial charge in [0.15, 0.2) is 0 Å². The molecular weight excluding hydrogens is 326 g/mol. The van der Waals surface area contributed by atoms with Crippen molar-refractivity contribution in [2.24, 2.45) is 5.41 Å². The number of hydrogen-bond acceptors (Lipinski definition) is 3. The summed E-state index contributed by atoms with van der Waals surface area (Å²) in [6, 6.07) is 13.5. The average molecular weight is 351 g/mol. The minimum absolute atomic E-state index is 0.232. The number of anilines is 3. The molecule has 0 atom stereocenters. The molecule has 26 heavy (non-hydrogen) atoms. The lowest BCUT2D eigenvalue weighted by molar-refractivity contribution is -0.131. The zero-order valence-electron chi connectivity index (χ0n) is 15.7. The summed E-state index contributed by atoms with van der Waals surface area (Å²) in [5, 5.41) is 5.79. The van der Waals surface area contributed by atoms with Crippen LogP contribution in [0.5, 0.6) is 0 Å². The molecule has 0 aromatic heterocycles. The van der Waals surface area contributed by atoms with E-state index in [4.69, 9.17) is 0 Å². The SMILES string of the molecule is Cc1cc(C)cc(NC(=O)C2(C(=O)Nc3ccc(N(C)C)cc3)CC2)c1. The normalized spacial score (nSPS) is 14.5. The molecule has 0 aliphatic heterocycles. The van der Waals surface area contributed by atoms with Gasteiger partial charge in [-0.2, -0.15) is 0 Å². The van der Waals surface area contributed by atoms with Gasteiger partial charge in [-0.1, -0.05) is 6.07 Å². The summed E-state index contributed by atoms with van der Waals surface area (Å²) in [4.78, 5) is 27.4. The Bertz CT molecular complexity index is 817. The molecule has 2 aromatic carbocycles. The molecule has 2 amide bonds. The molecule has 136 valence electrons. The number of nitrogens with one attached hydrogen (secondary N) is 2. The highest BCUT2D eigenvalue weighted by molar-refractivity contribution is 6.16. The Morgan fingerprint density at radius 1 is 0.846 bits per heavy atom. The van der Waals surface area contributed by atoms with Crippen LogP contribution in [0, 0.1) is 19.3 Å². The van der Waals surface area contributed by atoms with Crippen molar-refractivity contribution in [2.75, 3.05) is 29.6 Å². The fraction of sp³-hybridized carbons (Fsp3) is 0.333. The minimum Gasteiger partial charge on any atom is -0.378 e. The van der Waals surface area contributed by atoms with Crippen molar-refractivity contribution < 1.29 is 9.59 Å². The highest BCUT2D eigenvalue weighted by atomic mass is 16.2. The van der Waals surface area contributed by atoms with Crippen molar-refractivity contribution in [1.29, 1.82) is 0 Å². The molecule has 5 nitrogen and oxygen atoms in total. The van der Waals surface area contributed by atoms with Crippen LogP contribution in [-0.2, 0) is 9.59 Å². The molecule has 1 saturated carbocycles. The number of aryl methyl sites for hydroxylation is 2. The number of carbonyl (C=O) groups is 2. The van der Waals surface area contributed by atoms with E-state index >= 15 is 0 Å². The van der Waals surface area contributed by atoms with E-state index in [1.165, 1.54) is 0 Å². The summed E-state index contributed by atoms with van der Waals surface area (Å²) in [5.41, 5.74) is 3.69. The van der Waals surface area contributed by atoms with Crippen LogP contribution >= 0.6 is 0 Å². The van der Waals surface area contributed by atoms with E-state index in [1.807, 2.05) is 75.3 Å². The van der Waals surface area contributed by atoms with Crippen molar-refractivity contribution >= 4 is 28.9 Å². The highest BCUT2D eigenvalue weighted by Crippen LogP contribution is 2.47. The van der Waals surface area contributed by atoms with Gasteiger partial charge >= 0.3 is 0 Å². The lowest BCUT2D eigenvalue weighted by Crippen LogP contribution is -2.35. The molecule has 0 spiro atoms. The van der Waals surface area contributed by atoms with Crippen molar-refractivity contribution in [2.45, 2.75) is 26.7 Å². The van der Waals surface area contributed by atoms with Gasteiger partial charge in [0.1, 0.15) is 5.41 Å². The summed E-state index contributed by atoms with van der Waals surface area (Å²) in [7, 11) is 3.92. The standard InChI is InChI=1S/C21H25N3O2/c1-14-11-15(2)13-17(12-14)23-20(26)21(9-10-21)19(25)22-16-5-7-18(8-6-16)24(3)4/h5-8,11-13H,9-10H2,1-4H3,(H,22,25)(H,23,26). The lowest BCUT2D eigenvalue weighted by atomic mass is 10.0. The summed E-state index contributed by atoms with van der Waals surface area (Å²) in [6.45, 7) is 3.97. The maximum atomic E-state index is 12.7. The highest BCUT2D eigenvalue weighted by Gasteiger charge is 2.56. The molecule has 0 bridgehead atoms. The third-order valence-electron chi connectivity index (χ3n) is 4.74. The number of amides is 2. The molecular formula is C21H25N3O2. The maximum absolute atomic E-state index is 12.7. The number of benzene rings is 2. The molecule has 2 N–H and O–H groups in total. The van der Waals surface area contributed by atoms with Gasteiger partial charge in [-0.05, 0) is 74.2 Å². The zero-order chi connectivity index (χ0) is 18.9. The first kappa shape index (κ1) is 18.0. The predicted octanol–water partition coefficient (Wildman–Crippen LogP) is 3.73. The second-order valence-corrected chi connectivity index (χ2v) is 7.31. The van der Waals surface area contributed by atoms with Crippen LogP contribution < -0.4 is 15.5 Å². The second-order valence-electron chi connectivity index (χ2n) is 7.31. The number of nitrogens with zero attached hydrogens (tertiary/aromatic N) is 1. The van der Waals surface area contributed by atoms with Gasteiger partial charge in [0.2, 0.25) is 11.8 Å². The van der Waals surface area contributed by atoms with Gasteiger partial charge in [0, 0.05) is 31.2 Å². The van der Waals surface area contributed by atoms with Gasteiger partial charge in [-0.25, -0.2) is 0 Å². The first-order valence-electron chi connectivity index (χ1n) is 8.79. The van der Waals surface area contributed by atoms with E-state index in [0.29, 0.717) is 18.5 Å². The average Bonchev–Trinajstić information content (AvgIpc) is 3.36. The van der Waals surface area contributed by atoms with Crippen LogP contribution in [-0.4, -0.2) is 25.9 Å². The smallest absolute Gasteiger partial charge is 0.240 e. The molecule has 0 radical (unpaired) electrons. The zero-order valence-corrected chi connectivity index (χ0v) is 15.7. The molecule has 1 aliphatic carbocycles. The lowest BCUT2D eigenvalue weighted by Gasteiger charge is -2.17. The Morgan fingerprint density at radius 2 is 1.35 bits per heavy atom. The second kappa shape index (κ2) is 6.83. The molecule has 0 heterocycles. The first-order chi connectivity index (χ1) is 12.3. The third kappa shape index (κ3) is 3.72. The Labute approximate surface area is 154 Å². The summed E-state index contributed by atoms with van der Waals surface area (Å²) in [6.07, 6.45) is 1.15. The van der Waals surface area contributed by atoms with Crippen LogP contribution in [0.25, 0.3) is 0 Å². The van der Waals surface area contributed by atoms with Gasteiger partial charge in [0.05, 0.1) is 0 Å². The van der Waals surface area contributed by atoms with E-state index in [2.05, 4.69) is 10.6 Å². The van der Waals surface area contributed by atoms with E-state index in [0.717, 1.165) is 22.5 Å². The topological polar surface area (TPSA) is 61.4 Å². The Hall–Kier alpha value is -2.82. The molecule has 0 unspecified atom stereocenters. The largest absolute Gasteiger partial charge is 0.378 e. The molecule has 0 saturated heterocycles. The molecule has 1 fully saturated rings. The minimum atomic E-state index is -0.960. The van der Waals surface area contributed by atoms with Gasteiger partial charge in [-0.15, -0.1) is 0 Å². The third-order valence-corrected chi connectivity index (χ3v) is 4.74. The van der Waals surface area contributed by atoms with Crippen LogP contribution in [0.3, 0.4) is 0 Å². The molecule has 5 heteroatoms. The van der Waals surface area contributed by atoms with Crippen molar-refractivity contribution in [1.82, 2.24) is 0 Å². The quantitative estimate of drug-likeness (QED) is 0.807. The number of hydrogen-bond donors (Lipinski definition) is 2. The summed E-state index contributed by atoms with van der Waals surface area (Å²) >= 11 is 0. The fourth-order valence-corrected chi connectivity index (χ4v) is 3.07. The van der Waals surface area contributed by atoms with Crippen molar-refractivity contribution in [3.8, 4) is 0 Å². The summed E-state index contributed by atoms with van der Waals surface area (Å²) < 4.78 is 0.